The molecule has 0 saturated heterocycles. The van der Waals surface area contributed by atoms with Crippen molar-refractivity contribution in [1.82, 2.24) is 0 Å². The topological polar surface area (TPSA) is 127 Å². The number of nitrogens with zero attached hydrogens (tertiary/aromatic N) is 2. The number of nitro groups is 1. The van der Waals surface area contributed by atoms with Gasteiger partial charge in [-0.3, -0.25) is 10.1 Å². The molecule has 2 aromatic carbocycles. The molecule has 1 aliphatic heterocycles. The highest BCUT2D eigenvalue weighted by Crippen LogP contribution is 2.47. The van der Waals surface area contributed by atoms with Gasteiger partial charge in [0.05, 0.1) is 38.5 Å². The molecule has 0 fully saturated rings. The number of hydrogen-bond acceptors (Lipinski definition) is 8. The van der Waals surface area contributed by atoms with Gasteiger partial charge in [-0.25, -0.2) is 13.2 Å². The van der Waals surface area contributed by atoms with E-state index in [1.54, 1.807) is 18.2 Å². The van der Waals surface area contributed by atoms with Gasteiger partial charge in [0.1, 0.15) is 5.75 Å². The zero-order chi connectivity index (χ0) is 26.5. The Morgan fingerprint density at radius 3 is 2.53 bits per heavy atom. The number of fused-ring (bicyclic) bond motifs is 1. The van der Waals surface area contributed by atoms with Crippen molar-refractivity contribution in [3.8, 4) is 5.75 Å². The monoisotopic (exact) mass is 534 g/mol. The maximum Gasteiger partial charge on any atom is 0.331 e. The minimum absolute atomic E-state index is 0.0456. The highest BCUT2D eigenvalue weighted by atomic mass is 32.2. The van der Waals surface area contributed by atoms with Crippen LogP contribution in [-0.2, 0) is 14.6 Å². The second-order valence-electron chi connectivity index (χ2n) is 8.81. The molecule has 36 heavy (non-hydrogen) atoms. The van der Waals surface area contributed by atoms with Gasteiger partial charge in [-0.05, 0) is 37.3 Å². The first-order valence-corrected chi connectivity index (χ1v) is 14.5. The normalized spacial score (nSPS) is 19.0. The first-order chi connectivity index (χ1) is 17.1. The van der Waals surface area contributed by atoms with Crippen molar-refractivity contribution in [3.63, 3.8) is 0 Å². The number of unbranched alkanes of at least 4 members (excludes halogenated alkanes) is 1. The van der Waals surface area contributed by atoms with Gasteiger partial charge < -0.3 is 14.7 Å². The van der Waals surface area contributed by atoms with E-state index in [0.717, 1.165) is 31.6 Å². The summed E-state index contributed by atoms with van der Waals surface area (Å²) in [5, 5.41) is 20.1. The molecule has 0 aliphatic carbocycles. The summed E-state index contributed by atoms with van der Waals surface area (Å²) >= 11 is 1.34. The molecule has 0 saturated carbocycles. The number of carbonyl (C=O) groups is 1. The molecule has 1 N–H and O–H groups in total. The first kappa shape index (κ1) is 27.5. The van der Waals surface area contributed by atoms with Gasteiger partial charge in [0, 0.05) is 35.8 Å². The second kappa shape index (κ2) is 11.3. The van der Waals surface area contributed by atoms with E-state index >= 15 is 0 Å². The summed E-state index contributed by atoms with van der Waals surface area (Å²) in [7, 11) is -3.76. The zero-order valence-electron chi connectivity index (χ0n) is 20.5. The van der Waals surface area contributed by atoms with E-state index in [0.29, 0.717) is 29.2 Å². The Hall–Kier alpha value is -3.05. The average Bonchev–Trinajstić information content (AvgIpc) is 2.94. The Kier molecular flexibility index (Phi) is 8.67. The van der Waals surface area contributed by atoms with Crippen molar-refractivity contribution in [2.75, 3.05) is 23.5 Å². The lowest BCUT2D eigenvalue weighted by Gasteiger charge is -2.36. The van der Waals surface area contributed by atoms with Gasteiger partial charge >= 0.3 is 5.97 Å². The lowest BCUT2D eigenvalue weighted by molar-refractivity contribution is -0.384. The van der Waals surface area contributed by atoms with Gasteiger partial charge in [0.15, 0.2) is 9.84 Å². The SMILES string of the molecule is CCCCC1(CC)CN(c2ccc([N+](=O)[O-])cc2)c2cc(SC)c(O/C=C/C(=O)O)cc2S(=O)(=O)C1. The molecule has 3 rings (SSSR count). The van der Waals surface area contributed by atoms with Crippen LogP contribution in [0.15, 0.2) is 58.5 Å². The fourth-order valence-electron chi connectivity index (χ4n) is 4.43. The fraction of sp³-hybridized carbons (Fsp3) is 0.400. The Morgan fingerprint density at radius 1 is 1.28 bits per heavy atom. The van der Waals surface area contributed by atoms with Crippen LogP contribution in [0.1, 0.15) is 39.5 Å². The van der Waals surface area contributed by atoms with E-state index in [9.17, 15) is 23.3 Å². The highest BCUT2D eigenvalue weighted by Gasteiger charge is 2.42. The molecule has 1 atom stereocenters. The lowest BCUT2D eigenvalue weighted by atomic mass is 9.81. The van der Waals surface area contributed by atoms with Crippen molar-refractivity contribution in [2.45, 2.75) is 49.3 Å². The molecular weight excluding hydrogens is 504 g/mol. The summed E-state index contributed by atoms with van der Waals surface area (Å²) in [5.74, 6) is -0.990. The number of sulfone groups is 1. The van der Waals surface area contributed by atoms with Crippen LogP contribution in [-0.4, -0.2) is 43.0 Å². The molecule has 1 aliphatic rings. The fourth-order valence-corrected chi connectivity index (χ4v) is 7.15. The van der Waals surface area contributed by atoms with Crippen molar-refractivity contribution >= 4 is 44.6 Å². The summed E-state index contributed by atoms with van der Waals surface area (Å²) in [5.41, 5.74) is 0.543. The summed E-state index contributed by atoms with van der Waals surface area (Å²) < 4.78 is 33.1. The largest absolute Gasteiger partial charge is 0.478 e. The third-order valence-corrected chi connectivity index (χ3v) is 9.20. The number of non-ortho nitro benzene ring substituents is 1. The summed E-state index contributed by atoms with van der Waals surface area (Å²) in [6.45, 7) is 4.49. The van der Waals surface area contributed by atoms with Gasteiger partial charge in [0.25, 0.3) is 5.69 Å². The van der Waals surface area contributed by atoms with E-state index in [1.807, 2.05) is 18.1 Å². The molecule has 0 amide bonds. The Balaban J connectivity index is 2.24. The minimum Gasteiger partial charge on any atom is -0.478 e. The number of rotatable bonds is 10. The third-order valence-electron chi connectivity index (χ3n) is 6.45. The quantitative estimate of drug-likeness (QED) is 0.132. The molecule has 0 aromatic heterocycles. The van der Waals surface area contributed by atoms with Crippen LogP contribution in [0.3, 0.4) is 0 Å². The molecule has 194 valence electrons. The Labute approximate surface area is 215 Å². The van der Waals surface area contributed by atoms with Crippen molar-refractivity contribution in [1.29, 1.82) is 0 Å². The number of hydrogen-bond donors (Lipinski definition) is 1. The first-order valence-electron chi connectivity index (χ1n) is 11.6. The standard InChI is InChI=1S/C25H30N2O7S2/c1-4-6-12-25(5-2)16-26(18-7-9-19(10-8-18)27(30)31)20-14-22(35-3)21(34-13-11-24(28)29)15-23(20)36(32,33)17-25/h7-11,13-15H,4-6,12,16-17H2,1-3H3,(H,28,29)/b13-11+. The summed E-state index contributed by atoms with van der Waals surface area (Å²) in [6.07, 6.45) is 6.82. The number of benzene rings is 2. The number of carboxylic acid groups (broad SMARTS) is 1. The van der Waals surface area contributed by atoms with Crippen molar-refractivity contribution < 1.29 is 28.0 Å². The third kappa shape index (κ3) is 6.01. The van der Waals surface area contributed by atoms with Crippen LogP contribution in [0.5, 0.6) is 5.75 Å². The second-order valence-corrected chi connectivity index (χ2v) is 11.6. The average molecular weight is 535 g/mol. The predicted octanol–water partition coefficient (Wildman–Crippen LogP) is 5.81. The summed E-state index contributed by atoms with van der Waals surface area (Å²) in [4.78, 5) is 24.2. The van der Waals surface area contributed by atoms with Gasteiger partial charge in [-0.15, -0.1) is 11.8 Å². The van der Waals surface area contributed by atoms with Crippen LogP contribution < -0.4 is 9.64 Å². The van der Waals surface area contributed by atoms with E-state index in [-0.39, 0.29) is 22.1 Å². The molecule has 0 radical (unpaired) electrons. The summed E-state index contributed by atoms with van der Waals surface area (Å²) in [6, 6.07) is 9.29. The maximum atomic E-state index is 13.8. The van der Waals surface area contributed by atoms with E-state index in [2.05, 4.69) is 6.92 Å². The minimum atomic E-state index is -3.76. The number of nitro benzene ring substituents is 1. The van der Waals surface area contributed by atoms with Crippen LogP contribution in [0.4, 0.5) is 17.1 Å². The van der Waals surface area contributed by atoms with Gasteiger partial charge in [-0.2, -0.15) is 0 Å². The van der Waals surface area contributed by atoms with Crippen molar-refractivity contribution in [2.24, 2.45) is 5.41 Å². The van der Waals surface area contributed by atoms with E-state index in [4.69, 9.17) is 9.84 Å². The maximum absolute atomic E-state index is 13.8. The smallest absolute Gasteiger partial charge is 0.331 e. The Bertz CT molecular complexity index is 1260. The number of anilines is 2. The van der Waals surface area contributed by atoms with Crippen LogP contribution >= 0.6 is 11.8 Å². The Morgan fingerprint density at radius 2 is 1.97 bits per heavy atom. The highest BCUT2D eigenvalue weighted by molar-refractivity contribution is 7.98. The molecule has 9 nitrogen and oxygen atoms in total. The molecule has 0 bridgehead atoms. The number of ether oxygens (including phenoxy) is 1. The van der Waals surface area contributed by atoms with E-state index < -0.39 is 26.1 Å². The molecule has 0 spiro atoms. The van der Waals surface area contributed by atoms with E-state index in [1.165, 1.54) is 30.0 Å². The molecule has 1 heterocycles. The molecule has 2 aromatic rings. The molecule has 11 heteroatoms. The van der Waals surface area contributed by atoms with Crippen molar-refractivity contribution in [3.05, 3.63) is 58.9 Å². The van der Waals surface area contributed by atoms with Crippen LogP contribution in [0.25, 0.3) is 0 Å². The predicted molar refractivity (Wildman–Crippen MR) is 140 cm³/mol. The van der Waals surface area contributed by atoms with Gasteiger partial charge in [-0.1, -0.05) is 26.7 Å². The van der Waals surface area contributed by atoms with Crippen LogP contribution in [0, 0.1) is 15.5 Å². The number of thioether (sulfide) groups is 1. The number of carboxylic acids is 1. The zero-order valence-corrected chi connectivity index (χ0v) is 22.1. The number of aliphatic carboxylic acids is 1. The lowest BCUT2D eigenvalue weighted by Crippen LogP contribution is -2.37. The van der Waals surface area contributed by atoms with Gasteiger partial charge in [0.2, 0.25) is 0 Å². The van der Waals surface area contributed by atoms with Crippen LogP contribution in [0.2, 0.25) is 0 Å². The molecular formula is C25H30N2O7S2. The molecule has 1 unspecified atom stereocenters.